The van der Waals surface area contributed by atoms with Gasteiger partial charge in [0.05, 0.1) is 24.4 Å². The summed E-state index contributed by atoms with van der Waals surface area (Å²) in [4.78, 5) is 11.1. The van der Waals surface area contributed by atoms with Gasteiger partial charge in [-0.05, 0) is 70.1 Å². The summed E-state index contributed by atoms with van der Waals surface area (Å²) in [5.41, 5.74) is 0. The second kappa shape index (κ2) is 16.1. The fourth-order valence-corrected chi connectivity index (χ4v) is 7.13. The zero-order chi connectivity index (χ0) is 26.7. The molecule has 218 valence electrons. The predicted molar refractivity (Wildman–Crippen MR) is 149 cm³/mol. The van der Waals surface area contributed by atoms with Crippen LogP contribution in [0.25, 0.3) is 0 Å². The summed E-state index contributed by atoms with van der Waals surface area (Å²) in [6.45, 7) is 3.80. The number of fused-ring (bicyclic) bond motifs is 1. The molecule has 38 heavy (non-hydrogen) atoms. The van der Waals surface area contributed by atoms with Gasteiger partial charge < -0.3 is 28.8 Å². The Balaban J connectivity index is 1.41. The smallest absolute Gasteiger partial charge is 0.303 e. The van der Waals surface area contributed by atoms with E-state index >= 15 is 0 Å². The number of hydrogen-bond acceptors (Lipinski definition) is 6. The second-order valence-electron chi connectivity index (χ2n) is 11.5. The first kappa shape index (κ1) is 30.4. The Bertz CT molecular complexity index is 721. The normalized spacial score (nSPS) is 35.4. The lowest BCUT2D eigenvalue weighted by molar-refractivity contribution is -0.194. The third-order valence-electron chi connectivity index (χ3n) is 8.56. The van der Waals surface area contributed by atoms with Gasteiger partial charge >= 0.3 is 5.97 Å². The largest absolute Gasteiger partial charge is 0.481 e. The van der Waals surface area contributed by atoms with Crippen LogP contribution in [0.15, 0.2) is 12.2 Å². The molecule has 0 radical (unpaired) electrons. The molecule has 3 heterocycles. The van der Waals surface area contributed by atoms with Gasteiger partial charge in [-0.3, -0.25) is 4.79 Å². The van der Waals surface area contributed by atoms with Crippen LogP contribution in [0.4, 0.5) is 0 Å². The molecule has 9 atom stereocenters. The van der Waals surface area contributed by atoms with Gasteiger partial charge in [0.15, 0.2) is 12.6 Å². The number of unbranched alkanes of at least 4 members (excludes halogenated alkanes) is 2. The van der Waals surface area contributed by atoms with Crippen molar-refractivity contribution in [1.29, 1.82) is 0 Å². The van der Waals surface area contributed by atoms with Crippen molar-refractivity contribution in [3.8, 4) is 0 Å². The molecular formula is C30H49BrO7. The molecule has 7 nitrogen and oxygen atoms in total. The average molecular weight is 602 g/mol. The number of alkyl halides is 1. The fourth-order valence-electron chi connectivity index (χ4n) is 6.46. The molecular weight excluding hydrogens is 552 g/mol. The van der Waals surface area contributed by atoms with Crippen LogP contribution < -0.4 is 0 Å². The van der Waals surface area contributed by atoms with Gasteiger partial charge in [-0.25, -0.2) is 0 Å². The van der Waals surface area contributed by atoms with Crippen LogP contribution in [0, 0.1) is 11.8 Å². The van der Waals surface area contributed by atoms with Crippen molar-refractivity contribution >= 4 is 21.9 Å². The minimum atomic E-state index is -0.738. The number of carboxylic acids is 1. The Morgan fingerprint density at radius 2 is 1.79 bits per heavy atom. The highest BCUT2D eigenvalue weighted by Gasteiger charge is 2.50. The van der Waals surface area contributed by atoms with Crippen molar-refractivity contribution < 1.29 is 33.6 Å². The summed E-state index contributed by atoms with van der Waals surface area (Å²) in [5, 5.41) is 9.00. The van der Waals surface area contributed by atoms with E-state index in [2.05, 4.69) is 35.0 Å². The van der Waals surface area contributed by atoms with Gasteiger partial charge in [0.1, 0.15) is 0 Å². The van der Waals surface area contributed by atoms with E-state index in [0.29, 0.717) is 12.3 Å². The molecule has 0 spiro atoms. The van der Waals surface area contributed by atoms with Crippen molar-refractivity contribution in [3.05, 3.63) is 12.2 Å². The highest BCUT2D eigenvalue weighted by Crippen LogP contribution is 2.47. The van der Waals surface area contributed by atoms with Crippen LogP contribution in [-0.2, 0) is 28.5 Å². The quantitative estimate of drug-likeness (QED) is 0.126. The average Bonchev–Trinajstić information content (AvgIpc) is 3.46. The first-order valence-electron chi connectivity index (χ1n) is 15.3. The summed E-state index contributed by atoms with van der Waals surface area (Å²) >= 11 is 3.81. The van der Waals surface area contributed by atoms with Crippen LogP contribution in [-0.4, -0.2) is 66.1 Å². The maximum Gasteiger partial charge on any atom is 0.303 e. The fraction of sp³-hybridized carbons (Fsp3) is 0.900. The maximum absolute atomic E-state index is 10.9. The molecule has 0 aromatic carbocycles. The van der Waals surface area contributed by atoms with Gasteiger partial charge in [0.25, 0.3) is 0 Å². The summed E-state index contributed by atoms with van der Waals surface area (Å²) < 4.78 is 31.4. The molecule has 3 aliphatic heterocycles. The zero-order valence-corrected chi connectivity index (χ0v) is 24.7. The van der Waals surface area contributed by atoms with E-state index in [0.717, 1.165) is 77.4 Å². The molecule has 1 aliphatic carbocycles. The van der Waals surface area contributed by atoms with Crippen molar-refractivity contribution in [2.45, 2.75) is 145 Å². The molecule has 0 aromatic rings. The summed E-state index contributed by atoms with van der Waals surface area (Å²) in [7, 11) is 0. The number of carbonyl (C=O) groups is 1. The minimum absolute atomic E-state index is 0.0494. The van der Waals surface area contributed by atoms with E-state index in [9.17, 15) is 4.79 Å². The lowest BCUT2D eigenvalue weighted by Gasteiger charge is -2.30. The third-order valence-corrected chi connectivity index (χ3v) is 9.61. The molecule has 0 aromatic heterocycles. The van der Waals surface area contributed by atoms with E-state index in [1.165, 1.54) is 19.3 Å². The van der Waals surface area contributed by atoms with Gasteiger partial charge in [-0.1, -0.05) is 54.3 Å². The number of halogens is 1. The Hall–Kier alpha value is -0.510. The maximum atomic E-state index is 10.9. The molecule has 4 unspecified atom stereocenters. The van der Waals surface area contributed by atoms with E-state index < -0.39 is 5.97 Å². The van der Waals surface area contributed by atoms with Crippen molar-refractivity contribution in [2.75, 3.05) is 13.2 Å². The lowest BCUT2D eigenvalue weighted by atomic mass is 9.88. The van der Waals surface area contributed by atoms with Gasteiger partial charge in [0.2, 0.25) is 0 Å². The van der Waals surface area contributed by atoms with Crippen LogP contribution in [0.2, 0.25) is 0 Å². The van der Waals surface area contributed by atoms with Gasteiger partial charge in [0, 0.05) is 36.8 Å². The molecule has 4 rings (SSSR count). The SMILES string of the molecule is CCCCC[C@@H](C=C[C@@H]1[C@H]2CC(C(Br)CCCC(=O)O)O[C@@H]2C[C@H]1OC1CCCCO1)OC1CCCCO1. The van der Waals surface area contributed by atoms with E-state index in [-0.39, 0.29) is 54.2 Å². The van der Waals surface area contributed by atoms with E-state index in [4.69, 9.17) is 28.8 Å². The molecule has 0 bridgehead atoms. The Kier molecular flexibility index (Phi) is 12.9. The van der Waals surface area contributed by atoms with Crippen LogP contribution in [0.3, 0.4) is 0 Å². The minimum Gasteiger partial charge on any atom is -0.481 e. The molecule has 1 N–H and O–H groups in total. The van der Waals surface area contributed by atoms with Crippen molar-refractivity contribution in [3.63, 3.8) is 0 Å². The Morgan fingerprint density at radius 3 is 2.47 bits per heavy atom. The van der Waals surface area contributed by atoms with Crippen molar-refractivity contribution in [1.82, 2.24) is 0 Å². The first-order chi connectivity index (χ1) is 18.5. The predicted octanol–water partition coefficient (Wildman–Crippen LogP) is 6.76. The molecule has 0 amide bonds. The van der Waals surface area contributed by atoms with Gasteiger partial charge in [-0.15, -0.1) is 0 Å². The molecule has 3 saturated heterocycles. The lowest BCUT2D eigenvalue weighted by Crippen LogP contribution is -2.32. The first-order valence-corrected chi connectivity index (χ1v) is 16.2. The highest BCUT2D eigenvalue weighted by molar-refractivity contribution is 9.09. The topological polar surface area (TPSA) is 83.5 Å². The Labute approximate surface area is 237 Å². The molecule has 4 aliphatic rings. The van der Waals surface area contributed by atoms with E-state index in [1.807, 2.05) is 0 Å². The van der Waals surface area contributed by atoms with Gasteiger partial charge in [-0.2, -0.15) is 0 Å². The number of carboxylic acid groups (broad SMARTS) is 1. The summed E-state index contributed by atoms with van der Waals surface area (Å²) in [6, 6.07) is 0. The molecule has 1 saturated carbocycles. The van der Waals surface area contributed by atoms with Crippen LogP contribution in [0.5, 0.6) is 0 Å². The molecule has 8 heteroatoms. The second-order valence-corrected chi connectivity index (χ2v) is 12.7. The Morgan fingerprint density at radius 1 is 1.03 bits per heavy atom. The number of rotatable bonds is 15. The summed E-state index contributed by atoms with van der Waals surface area (Å²) in [5.74, 6) is -0.108. The standard InChI is InChI=1S/C30H49BrO7/c1-2-3-4-10-21(36-29-13-5-7-17-34-29)15-16-22-23-19-27(24(31)11-9-12-28(32)33)37-26(23)20-25(22)38-30-14-6-8-18-35-30/h15-16,21-27,29-30H,2-14,17-20H2,1H3,(H,32,33)/t21-,22+,23+,24?,25+,26+,27?,29?,30?/m0/s1. The highest BCUT2D eigenvalue weighted by atomic mass is 79.9. The van der Waals surface area contributed by atoms with E-state index in [1.54, 1.807) is 0 Å². The molecule has 4 fully saturated rings. The van der Waals surface area contributed by atoms with Crippen molar-refractivity contribution in [2.24, 2.45) is 11.8 Å². The van der Waals surface area contributed by atoms with Crippen LogP contribution >= 0.6 is 15.9 Å². The summed E-state index contributed by atoms with van der Waals surface area (Å²) in [6.07, 6.45) is 19.4. The van der Waals surface area contributed by atoms with Crippen LogP contribution in [0.1, 0.15) is 103 Å². The monoisotopic (exact) mass is 600 g/mol. The zero-order valence-electron chi connectivity index (χ0n) is 23.1. The third kappa shape index (κ3) is 9.27. The number of aliphatic carboxylic acids is 1. The number of hydrogen-bond donors (Lipinski definition) is 1. The number of ether oxygens (including phenoxy) is 5.